The number of furan rings is 1. The van der Waals surface area contributed by atoms with E-state index in [1.54, 1.807) is 0 Å². The van der Waals surface area contributed by atoms with Gasteiger partial charge < -0.3 is 4.42 Å². The van der Waals surface area contributed by atoms with Gasteiger partial charge in [-0.15, -0.1) is 0 Å². The summed E-state index contributed by atoms with van der Waals surface area (Å²) in [5, 5.41) is 8.99. The second kappa shape index (κ2) is 11.0. The number of nitrogens with zero attached hydrogens (tertiary/aromatic N) is 3. The highest BCUT2D eigenvalue weighted by molar-refractivity contribution is 6.15. The summed E-state index contributed by atoms with van der Waals surface area (Å²) in [4.78, 5) is 15.6. The molecule has 0 amide bonds. The fourth-order valence-corrected chi connectivity index (χ4v) is 7.23. The second-order valence-electron chi connectivity index (χ2n) is 12.4. The Morgan fingerprint density at radius 1 is 0.327 bits per heavy atom. The zero-order valence-electron chi connectivity index (χ0n) is 26.3. The third-order valence-corrected chi connectivity index (χ3v) is 9.51. The van der Waals surface area contributed by atoms with Crippen LogP contribution in [0.3, 0.4) is 0 Å². The van der Waals surface area contributed by atoms with E-state index in [-0.39, 0.29) is 0 Å². The van der Waals surface area contributed by atoms with Crippen molar-refractivity contribution in [2.75, 3.05) is 0 Å². The number of para-hydroxylation sites is 1. The van der Waals surface area contributed by atoms with E-state index in [1.807, 2.05) is 30.3 Å². The maximum absolute atomic E-state index is 6.27. The molecular formula is C45H27N3O. The number of fused-ring (bicyclic) bond motifs is 7. The van der Waals surface area contributed by atoms with Gasteiger partial charge in [-0.1, -0.05) is 146 Å². The average Bonchev–Trinajstić information content (AvgIpc) is 3.56. The smallest absolute Gasteiger partial charge is 0.164 e. The molecule has 2 aromatic heterocycles. The number of hydrogen-bond acceptors (Lipinski definition) is 4. The lowest BCUT2D eigenvalue weighted by molar-refractivity contribution is 0.669. The molecule has 4 heteroatoms. The van der Waals surface area contributed by atoms with E-state index in [0.29, 0.717) is 17.5 Å². The van der Waals surface area contributed by atoms with Gasteiger partial charge in [0.25, 0.3) is 0 Å². The van der Waals surface area contributed by atoms with Crippen LogP contribution in [0.1, 0.15) is 0 Å². The van der Waals surface area contributed by atoms with Gasteiger partial charge in [0.05, 0.1) is 0 Å². The molecule has 0 radical (unpaired) electrons. The first-order valence-corrected chi connectivity index (χ1v) is 16.4. The molecule has 0 fully saturated rings. The van der Waals surface area contributed by atoms with Crippen molar-refractivity contribution in [3.05, 3.63) is 164 Å². The molecule has 2 heterocycles. The zero-order valence-corrected chi connectivity index (χ0v) is 26.3. The normalized spacial score (nSPS) is 11.7. The van der Waals surface area contributed by atoms with Gasteiger partial charge in [0.15, 0.2) is 17.5 Å². The van der Waals surface area contributed by atoms with Crippen molar-refractivity contribution in [2.24, 2.45) is 0 Å². The van der Waals surface area contributed by atoms with E-state index in [0.717, 1.165) is 60.2 Å². The minimum absolute atomic E-state index is 0.605. The Kier molecular flexibility index (Phi) is 6.15. The highest BCUT2D eigenvalue weighted by Gasteiger charge is 2.19. The first kappa shape index (κ1) is 27.5. The van der Waals surface area contributed by atoms with Crippen LogP contribution < -0.4 is 0 Å². The molecule has 0 saturated carbocycles. The molecule has 4 nitrogen and oxygen atoms in total. The van der Waals surface area contributed by atoms with Crippen LogP contribution in [0.15, 0.2) is 168 Å². The van der Waals surface area contributed by atoms with Gasteiger partial charge in [0, 0.05) is 27.5 Å². The molecule has 8 aromatic carbocycles. The highest BCUT2D eigenvalue weighted by Crippen LogP contribution is 2.39. The lowest BCUT2D eigenvalue weighted by Crippen LogP contribution is -2.01. The van der Waals surface area contributed by atoms with Gasteiger partial charge in [-0.25, -0.2) is 15.0 Å². The van der Waals surface area contributed by atoms with Crippen LogP contribution in [0.5, 0.6) is 0 Å². The summed E-state index contributed by atoms with van der Waals surface area (Å²) in [5.41, 5.74) is 6.83. The first-order valence-electron chi connectivity index (χ1n) is 16.4. The number of benzene rings is 8. The molecule has 0 saturated heterocycles. The van der Waals surface area contributed by atoms with Gasteiger partial charge in [-0.3, -0.25) is 0 Å². The molecule has 0 bridgehead atoms. The maximum atomic E-state index is 6.27. The predicted molar refractivity (Wildman–Crippen MR) is 201 cm³/mol. The minimum Gasteiger partial charge on any atom is -0.456 e. The second-order valence-corrected chi connectivity index (χ2v) is 12.4. The van der Waals surface area contributed by atoms with Crippen LogP contribution in [0, 0.1) is 0 Å². The van der Waals surface area contributed by atoms with Crippen molar-refractivity contribution in [2.45, 2.75) is 0 Å². The van der Waals surface area contributed by atoms with Crippen LogP contribution in [0.25, 0.3) is 99.5 Å². The van der Waals surface area contributed by atoms with Gasteiger partial charge >= 0.3 is 0 Å². The molecule has 228 valence electrons. The summed E-state index contributed by atoms with van der Waals surface area (Å²) in [6, 6.07) is 57.0. The molecule has 0 atom stereocenters. The summed E-state index contributed by atoms with van der Waals surface area (Å²) < 4.78 is 6.27. The average molecular weight is 626 g/mol. The lowest BCUT2D eigenvalue weighted by atomic mass is 9.93. The van der Waals surface area contributed by atoms with E-state index in [1.165, 1.54) is 21.9 Å². The molecular weight excluding hydrogens is 599 g/mol. The Balaban J connectivity index is 1.26. The van der Waals surface area contributed by atoms with E-state index in [2.05, 4.69) is 133 Å². The highest BCUT2D eigenvalue weighted by atomic mass is 16.3. The van der Waals surface area contributed by atoms with Crippen molar-refractivity contribution >= 4 is 54.3 Å². The molecule has 0 N–H and O–H groups in total. The van der Waals surface area contributed by atoms with Gasteiger partial charge in [0.2, 0.25) is 0 Å². The molecule has 0 aliphatic rings. The molecule has 0 unspecified atom stereocenters. The van der Waals surface area contributed by atoms with Crippen molar-refractivity contribution < 1.29 is 4.42 Å². The lowest BCUT2D eigenvalue weighted by Gasteiger charge is -2.13. The van der Waals surface area contributed by atoms with Crippen LogP contribution in [0.2, 0.25) is 0 Å². The third kappa shape index (κ3) is 4.49. The van der Waals surface area contributed by atoms with E-state index in [4.69, 9.17) is 19.4 Å². The Morgan fingerprint density at radius 3 is 1.82 bits per heavy atom. The zero-order chi connectivity index (χ0) is 32.3. The largest absolute Gasteiger partial charge is 0.456 e. The van der Waals surface area contributed by atoms with Gasteiger partial charge in [0.1, 0.15) is 11.2 Å². The summed E-state index contributed by atoms with van der Waals surface area (Å²) in [7, 11) is 0. The quantitative estimate of drug-likeness (QED) is 0.183. The van der Waals surface area contributed by atoms with Crippen LogP contribution in [-0.2, 0) is 0 Å². The predicted octanol–water partition coefficient (Wildman–Crippen LogP) is 11.9. The Bertz CT molecular complexity index is 2890. The van der Waals surface area contributed by atoms with Crippen molar-refractivity contribution in [3.8, 4) is 45.3 Å². The van der Waals surface area contributed by atoms with Crippen LogP contribution in [-0.4, -0.2) is 15.0 Å². The van der Waals surface area contributed by atoms with Gasteiger partial charge in [-0.05, 0) is 61.6 Å². The fourth-order valence-electron chi connectivity index (χ4n) is 7.23. The minimum atomic E-state index is 0.605. The number of aromatic nitrogens is 3. The molecule has 10 rings (SSSR count). The van der Waals surface area contributed by atoms with E-state index >= 15 is 0 Å². The van der Waals surface area contributed by atoms with Crippen molar-refractivity contribution in [3.63, 3.8) is 0 Å². The van der Waals surface area contributed by atoms with E-state index < -0.39 is 0 Å². The SMILES string of the molecule is c1ccc(-c2cccc3ccc4ccc(-c5nc(-c6cccc7ccccc67)nc(-c6cccc7oc8ccccc8c67)n5)cc4c23)cc1. The Morgan fingerprint density at radius 2 is 0.918 bits per heavy atom. The van der Waals surface area contributed by atoms with Crippen LogP contribution in [0.4, 0.5) is 0 Å². The van der Waals surface area contributed by atoms with Crippen LogP contribution >= 0.6 is 0 Å². The number of rotatable bonds is 4. The molecule has 0 spiro atoms. The standard InChI is InChI=1S/C45H27N3O/c1-2-11-29(12-3-1)34-18-9-15-31-25-23-30-24-26-32(27-38(30)41(31)34)43-46-44(35-19-8-14-28-13-4-5-16-33(28)35)48-45(47-43)37-20-10-22-40-42(37)36-17-6-7-21-39(36)49-40/h1-27H. The monoisotopic (exact) mass is 625 g/mol. The van der Waals surface area contributed by atoms with Crippen molar-refractivity contribution in [1.82, 2.24) is 15.0 Å². The first-order chi connectivity index (χ1) is 24.3. The molecule has 0 aliphatic heterocycles. The molecule has 49 heavy (non-hydrogen) atoms. The maximum Gasteiger partial charge on any atom is 0.164 e. The molecule has 0 aliphatic carbocycles. The van der Waals surface area contributed by atoms with Gasteiger partial charge in [-0.2, -0.15) is 0 Å². The summed E-state index contributed by atoms with van der Waals surface area (Å²) in [6.45, 7) is 0. The summed E-state index contributed by atoms with van der Waals surface area (Å²) in [6.07, 6.45) is 0. The number of hydrogen-bond donors (Lipinski definition) is 0. The topological polar surface area (TPSA) is 51.8 Å². The van der Waals surface area contributed by atoms with Crippen molar-refractivity contribution in [1.29, 1.82) is 0 Å². The summed E-state index contributed by atoms with van der Waals surface area (Å²) in [5.74, 6) is 1.85. The fraction of sp³-hybridized carbons (Fsp3) is 0. The third-order valence-electron chi connectivity index (χ3n) is 9.51. The van der Waals surface area contributed by atoms with E-state index in [9.17, 15) is 0 Å². The molecule has 10 aromatic rings. The Hall–Kier alpha value is -6.65. The Labute approximate surface area is 282 Å². The summed E-state index contributed by atoms with van der Waals surface area (Å²) >= 11 is 0.